The lowest BCUT2D eigenvalue weighted by molar-refractivity contribution is 0.740. The predicted octanol–water partition coefficient (Wildman–Crippen LogP) is 0.843. The third-order valence-corrected chi connectivity index (χ3v) is 1.81. The molecule has 2 N–H and O–H groups in total. The summed E-state index contributed by atoms with van der Waals surface area (Å²) in [5.74, 6) is 1.65. The van der Waals surface area contributed by atoms with E-state index in [2.05, 4.69) is 20.6 Å². The summed E-state index contributed by atoms with van der Waals surface area (Å²) in [4.78, 5) is 8.42. The SMILES string of the molecule is c1ccc(NC2=NCCCN2)nc1. The van der Waals surface area contributed by atoms with Crippen molar-refractivity contribution in [2.24, 2.45) is 4.99 Å². The van der Waals surface area contributed by atoms with E-state index in [1.807, 2.05) is 18.2 Å². The summed E-state index contributed by atoms with van der Waals surface area (Å²) in [5, 5.41) is 6.28. The third kappa shape index (κ3) is 2.18. The Hall–Kier alpha value is -1.58. The highest BCUT2D eigenvalue weighted by Crippen LogP contribution is 2.00. The van der Waals surface area contributed by atoms with Gasteiger partial charge in [-0.2, -0.15) is 0 Å². The van der Waals surface area contributed by atoms with Gasteiger partial charge in [0.25, 0.3) is 0 Å². The molecular formula is C9H12N4. The molecule has 0 radical (unpaired) electrons. The summed E-state index contributed by atoms with van der Waals surface area (Å²) in [6.45, 7) is 1.88. The Morgan fingerprint density at radius 1 is 1.38 bits per heavy atom. The first-order chi connectivity index (χ1) is 6.45. The van der Waals surface area contributed by atoms with Crippen molar-refractivity contribution in [1.82, 2.24) is 10.3 Å². The van der Waals surface area contributed by atoms with Crippen molar-refractivity contribution in [2.75, 3.05) is 18.4 Å². The van der Waals surface area contributed by atoms with Crippen LogP contribution < -0.4 is 10.6 Å². The summed E-state index contributed by atoms with van der Waals surface area (Å²) in [6.07, 6.45) is 2.86. The molecule has 0 saturated carbocycles. The van der Waals surface area contributed by atoms with Crippen molar-refractivity contribution in [1.29, 1.82) is 0 Å². The number of pyridine rings is 1. The smallest absolute Gasteiger partial charge is 0.196 e. The van der Waals surface area contributed by atoms with Gasteiger partial charge in [-0.25, -0.2) is 4.98 Å². The highest BCUT2D eigenvalue weighted by molar-refractivity contribution is 5.93. The molecule has 0 fully saturated rings. The zero-order chi connectivity index (χ0) is 8.93. The molecule has 0 unspecified atom stereocenters. The first kappa shape index (κ1) is 8.04. The maximum absolute atomic E-state index is 4.28. The van der Waals surface area contributed by atoms with Crippen LogP contribution in [0.4, 0.5) is 5.82 Å². The number of nitrogens with zero attached hydrogens (tertiary/aromatic N) is 2. The number of aromatic nitrogens is 1. The number of aliphatic imine (C=N–C) groups is 1. The topological polar surface area (TPSA) is 49.3 Å². The molecule has 1 aliphatic heterocycles. The molecule has 2 rings (SSSR count). The van der Waals surface area contributed by atoms with Crippen LogP contribution in [0.3, 0.4) is 0 Å². The van der Waals surface area contributed by atoms with Gasteiger partial charge in [0.1, 0.15) is 5.82 Å². The molecule has 68 valence electrons. The van der Waals surface area contributed by atoms with E-state index in [0.29, 0.717) is 0 Å². The van der Waals surface area contributed by atoms with Gasteiger partial charge in [0.05, 0.1) is 0 Å². The maximum Gasteiger partial charge on any atom is 0.196 e. The number of nitrogens with one attached hydrogen (secondary N) is 2. The van der Waals surface area contributed by atoms with Crippen molar-refractivity contribution in [2.45, 2.75) is 6.42 Å². The van der Waals surface area contributed by atoms with Gasteiger partial charge in [-0.05, 0) is 18.6 Å². The number of hydrogen-bond acceptors (Lipinski definition) is 4. The summed E-state index contributed by atoms with van der Waals surface area (Å²) in [7, 11) is 0. The van der Waals surface area contributed by atoms with Crippen LogP contribution in [0.15, 0.2) is 29.4 Å². The monoisotopic (exact) mass is 176 g/mol. The second-order valence-electron chi connectivity index (χ2n) is 2.85. The maximum atomic E-state index is 4.28. The average Bonchev–Trinajstić information content (AvgIpc) is 2.21. The zero-order valence-corrected chi connectivity index (χ0v) is 7.33. The second kappa shape index (κ2) is 3.89. The van der Waals surface area contributed by atoms with Crippen molar-refractivity contribution in [3.05, 3.63) is 24.4 Å². The van der Waals surface area contributed by atoms with Gasteiger partial charge < -0.3 is 10.6 Å². The van der Waals surface area contributed by atoms with E-state index in [4.69, 9.17) is 0 Å². The molecule has 0 atom stereocenters. The molecule has 1 aromatic rings. The third-order valence-electron chi connectivity index (χ3n) is 1.81. The molecular weight excluding hydrogens is 164 g/mol. The number of rotatable bonds is 1. The largest absolute Gasteiger partial charge is 0.356 e. The Bertz CT molecular complexity index is 294. The number of guanidine groups is 1. The molecule has 1 aromatic heterocycles. The van der Waals surface area contributed by atoms with Gasteiger partial charge in [0, 0.05) is 19.3 Å². The van der Waals surface area contributed by atoms with E-state index in [0.717, 1.165) is 31.3 Å². The fourth-order valence-electron chi connectivity index (χ4n) is 1.17. The molecule has 4 heteroatoms. The van der Waals surface area contributed by atoms with Crippen molar-refractivity contribution in [3.8, 4) is 0 Å². The minimum absolute atomic E-state index is 0.824. The first-order valence-corrected chi connectivity index (χ1v) is 4.41. The zero-order valence-electron chi connectivity index (χ0n) is 7.33. The van der Waals surface area contributed by atoms with Gasteiger partial charge in [-0.3, -0.25) is 4.99 Å². The molecule has 0 bridgehead atoms. The van der Waals surface area contributed by atoms with Crippen LogP contribution in [0, 0.1) is 0 Å². The molecule has 0 amide bonds. The molecule has 0 aliphatic carbocycles. The van der Waals surface area contributed by atoms with Crippen LogP contribution in [-0.4, -0.2) is 24.0 Å². The molecule has 2 heterocycles. The van der Waals surface area contributed by atoms with Gasteiger partial charge in [0.2, 0.25) is 0 Å². The Morgan fingerprint density at radius 2 is 2.38 bits per heavy atom. The van der Waals surface area contributed by atoms with Crippen LogP contribution in [0.25, 0.3) is 0 Å². The number of anilines is 1. The predicted molar refractivity (Wildman–Crippen MR) is 52.8 cm³/mol. The van der Waals surface area contributed by atoms with Crippen LogP contribution >= 0.6 is 0 Å². The highest BCUT2D eigenvalue weighted by atomic mass is 15.2. The van der Waals surface area contributed by atoms with Gasteiger partial charge >= 0.3 is 0 Å². The first-order valence-electron chi connectivity index (χ1n) is 4.41. The molecule has 0 spiro atoms. The summed E-state index contributed by atoms with van der Waals surface area (Å²) >= 11 is 0. The Balaban J connectivity index is 2.01. The minimum atomic E-state index is 0.824. The summed E-state index contributed by atoms with van der Waals surface area (Å²) < 4.78 is 0. The van der Waals surface area contributed by atoms with E-state index in [9.17, 15) is 0 Å². The molecule has 13 heavy (non-hydrogen) atoms. The van der Waals surface area contributed by atoms with Crippen LogP contribution in [0.2, 0.25) is 0 Å². The fourth-order valence-corrected chi connectivity index (χ4v) is 1.17. The van der Waals surface area contributed by atoms with Crippen LogP contribution in [0.1, 0.15) is 6.42 Å². The molecule has 0 aromatic carbocycles. The Morgan fingerprint density at radius 3 is 3.08 bits per heavy atom. The van der Waals surface area contributed by atoms with Gasteiger partial charge in [0.15, 0.2) is 5.96 Å². The molecule has 4 nitrogen and oxygen atoms in total. The molecule has 1 aliphatic rings. The highest BCUT2D eigenvalue weighted by Gasteiger charge is 2.03. The summed E-state index contributed by atoms with van der Waals surface area (Å²) in [6, 6.07) is 5.75. The standard InChI is InChI=1S/C9H12N4/c1-2-5-10-8(4-1)13-9-11-6-3-7-12-9/h1-2,4-5H,3,6-7H2,(H2,10,11,12,13). The number of hydrogen-bond donors (Lipinski definition) is 2. The van der Waals surface area contributed by atoms with Gasteiger partial charge in [-0.1, -0.05) is 6.07 Å². The lowest BCUT2D eigenvalue weighted by Crippen LogP contribution is -2.35. The summed E-state index contributed by atoms with van der Waals surface area (Å²) in [5.41, 5.74) is 0. The van der Waals surface area contributed by atoms with Crippen LogP contribution in [-0.2, 0) is 0 Å². The normalized spacial score (nSPS) is 15.8. The van der Waals surface area contributed by atoms with Crippen molar-refractivity contribution < 1.29 is 0 Å². The van der Waals surface area contributed by atoms with Gasteiger partial charge in [-0.15, -0.1) is 0 Å². The molecule has 0 saturated heterocycles. The lowest BCUT2D eigenvalue weighted by atomic mass is 10.4. The fraction of sp³-hybridized carbons (Fsp3) is 0.333. The van der Waals surface area contributed by atoms with Crippen LogP contribution in [0.5, 0.6) is 0 Å². The van der Waals surface area contributed by atoms with E-state index < -0.39 is 0 Å². The lowest BCUT2D eigenvalue weighted by Gasteiger charge is -2.15. The second-order valence-corrected chi connectivity index (χ2v) is 2.85. The van der Waals surface area contributed by atoms with Crippen molar-refractivity contribution >= 4 is 11.8 Å². The van der Waals surface area contributed by atoms with E-state index in [1.165, 1.54) is 0 Å². The quantitative estimate of drug-likeness (QED) is 0.666. The van der Waals surface area contributed by atoms with E-state index >= 15 is 0 Å². The average molecular weight is 176 g/mol. The van der Waals surface area contributed by atoms with E-state index in [1.54, 1.807) is 6.20 Å². The van der Waals surface area contributed by atoms with Crippen molar-refractivity contribution in [3.63, 3.8) is 0 Å². The minimum Gasteiger partial charge on any atom is -0.356 e. The Kier molecular flexibility index (Phi) is 2.40. The Labute approximate surface area is 77.1 Å². The van der Waals surface area contributed by atoms with E-state index in [-0.39, 0.29) is 0 Å².